The van der Waals surface area contributed by atoms with Gasteiger partial charge in [-0.15, -0.1) is 0 Å². The van der Waals surface area contributed by atoms with E-state index in [0.717, 1.165) is 6.07 Å². The summed E-state index contributed by atoms with van der Waals surface area (Å²) in [6.45, 7) is 2.50. The Bertz CT molecular complexity index is 696. The highest BCUT2D eigenvalue weighted by atomic mass is 32.2. The number of benzene rings is 1. The normalized spacial score (nSPS) is 11.5. The number of aryl methyl sites for hydroxylation is 1. The van der Waals surface area contributed by atoms with Crippen molar-refractivity contribution < 1.29 is 12.8 Å². The smallest absolute Gasteiger partial charge is 0.262 e. The highest BCUT2D eigenvalue weighted by molar-refractivity contribution is 7.92. The molecule has 102 valence electrons. The molecule has 2 rings (SSSR count). The maximum absolute atomic E-state index is 13.3. The van der Waals surface area contributed by atoms with E-state index in [2.05, 4.69) is 9.82 Å². The first-order valence-electron chi connectivity index (χ1n) is 5.52. The maximum Gasteiger partial charge on any atom is 0.262 e. The number of anilines is 2. The average Bonchev–Trinajstić information content (AvgIpc) is 2.79. The summed E-state index contributed by atoms with van der Waals surface area (Å²) in [5, 5.41) is 3.94. The first-order chi connectivity index (χ1) is 8.92. The van der Waals surface area contributed by atoms with Crippen LogP contribution in [-0.2, 0) is 16.6 Å². The number of hydrogen-bond donors (Lipinski definition) is 2. The van der Waals surface area contributed by atoms with Crippen LogP contribution in [-0.4, -0.2) is 18.2 Å². The molecule has 6 nitrogen and oxygen atoms in total. The zero-order chi connectivity index (χ0) is 14.0. The van der Waals surface area contributed by atoms with Gasteiger partial charge in [0.1, 0.15) is 5.82 Å². The molecule has 1 aromatic carbocycles. The van der Waals surface area contributed by atoms with Crippen LogP contribution in [0.1, 0.15) is 6.92 Å². The molecule has 2 aromatic rings. The molecule has 0 aliphatic heterocycles. The lowest BCUT2D eigenvalue weighted by atomic mass is 10.3. The van der Waals surface area contributed by atoms with Crippen LogP contribution in [0.15, 0.2) is 35.5 Å². The summed E-state index contributed by atoms with van der Waals surface area (Å²) in [4.78, 5) is -0.191. The van der Waals surface area contributed by atoms with Gasteiger partial charge in [0.25, 0.3) is 10.0 Å². The molecule has 0 saturated carbocycles. The van der Waals surface area contributed by atoms with Gasteiger partial charge in [-0.05, 0) is 25.1 Å². The fraction of sp³-hybridized carbons (Fsp3) is 0.182. The Labute approximate surface area is 110 Å². The molecular formula is C11H13FN4O2S. The lowest BCUT2D eigenvalue weighted by Crippen LogP contribution is -2.13. The third-order valence-corrected chi connectivity index (χ3v) is 3.87. The van der Waals surface area contributed by atoms with Crippen LogP contribution < -0.4 is 10.5 Å². The SMILES string of the molecule is CCn1cc(NS(=O)(=O)c2ccc(N)c(F)c2)cn1. The summed E-state index contributed by atoms with van der Waals surface area (Å²) in [5.41, 5.74) is 5.52. The molecule has 1 heterocycles. The van der Waals surface area contributed by atoms with Crippen LogP contribution in [0.25, 0.3) is 0 Å². The molecule has 0 amide bonds. The van der Waals surface area contributed by atoms with Crippen LogP contribution in [0, 0.1) is 5.82 Å². The van der Waals surface area contributed by atoms with Crippen molar-refractivity contribution in [3.05, 3.63) is 36.4 Å². The second-order valence-corrected chi connectivity index (χ2v) is 5.56. The van der Waals surface area contributed by atoms with Gasteiger partial charge in [0.05, 0.1) is 22.5 Å². The van der Waals surface area contributed by atoms with E-state index in [1.807, 2.05) is 6.92 Å². The van der Waals surface area contributed by atoms with E-state index >= 15 is 0 Å². The average molecular weight is 284 g/mol. The van der Waals surface area contributed by atoms with Gasteiger partial charge in [-0.3, -0.25) is 9.40 Å². The number of nitrogens with one attached hydrogen (secondary N) is 1. The molecule has 0 bridgehead atoms. The highest BCUT2D eigenvalue weighted by Gasteiger charge is 2.16. The number of nitrogens with two attached hydrogens (primary N) is 1. The third kappa shape index (κ3) is 2.84. The van der Waals surface area contributed by atoms with E-state index in [4.69, 9.17) is 5.73 Å². The molecule has 0 aliphatic carbocycles. The Balaban J connectivity index is 2.29. The van der Waals surface area contributed by atoms with Crippen LogP contribution in [0.5, 0.6) is 0 Å². The minimum Gasteiger partial charge on any atom is -0.396 e. The Morgan fingerprint density at radius 3 is 2.79 bits per heavy atom. The number of nitrogens with zero attached hydrogens (tertiary/aromatic N) is 2. The topological polar surface area (TPSA) is 90.0 Å². The lowest BCUT2D eigenvalue weighted by molar-refractivity contribution is 0.596. The zero-order valence-corrected chi connectivity index (χ0v) is 11.0. The molecule has 0 radical (unpaired) electrons. The van der Waals surface area contributed by atoms with Crippen LogP contribution >= 0.6 is 0 Å². The summed E-state index contributed by atoms with van der Waals surface area (Å²) in [7, 11) is -3.85. The van der Waals surface area contributed by atoms with Gasteiger partial charge in [0, 0.05) is 12.7 Å². The van der Waals surface area contributed by atoms with E-state index in [1.54, 1.807) is 10.9 Å². The first kappa shape index (κ1) is 13.3. The molecule has 19 heavy (non-hydrogen) atoms. The van der Waals surface area contributed by atoms with Gasteiger partial charge < -0.3 is 5.73 Å². The zero-order valence-electron chi connectivity index (χ0n) is 10.2. The Kier molecular flexibility index (Phi) is 3.43. The fourth-order valence-corrected chi connectivity index (χ4v) is 2.52. The summed E-state index contributed by atoms with van der Waals surface area (Å²) >= 11 is 0. The Morgan fingerprint density at radius 2 is 2.21 bits per heavy atom. The molecule has 0 unspecified atom stereocenters. The molecule has 0 spiro atoms. The number of nitrogen functional groups attached to an aromatic ring is 1. The summed E-state index contributed by atoms with van der Waals surface area (Å²) in [6.07, 6.45) is 2.93. The summed E-state index contributed by atoms with van der Waals surface area (Å²) < 4.78 is 41.2. The molecular weight excluding hydrogens is 271 g/mol. The van der Waals surface area contributed by atoms with Gasteiger partial charge in [-0.25, -0.2) is 12.8 Å². The third-order valence-electron chi connectivity index (χ3n) is 2.49. The minimum atomic E-state index is -3.85. The molecule has 0 atom stereocenters. The van der Waals surface area contributed by atoms with Crippen LogP contribution in [0.2, 0.25) is 0 Å². The Hall–Kier alpha value is -2.09. The van der Waals surface area contributed by atoms with Crippen molar-refractivity contribution in [2.45, 2.75) is 18.4 Å². The fourth-order valence-electron chi connectivity index (χ4n) is 1.48. The Morgan fingerprint density at radius 1 is 1.47 bits per heavy atom. The van der Waals surface area contributed by atoms with Crippen molar-refractivity contribution in [1.29, 1.82) is 0 Å². The van der Waals surface area contributed by atoms with E-state index in [9.17, 15) is 12.8 Å². The van der Waals surface area contributed by atoms with Gasteiger partial charge in [0.2, 0.25) is 0 Å². The second-order valence-electron chi connectivity index (χ2n) is 3.87. The maximum atomic E-state index is 13.3. The van der Waals surface area contributed by atoms with Crippen molar-refractivity contribution >= 4 is 21.4 Å². The minimum absolute atomic E-state index is 0.0993. The van der Waals surface area contributed by atoms with Gasteiger partial charge >= 0.3 is 0 Å². The van der Waals surface area contributed by atoms with E-state index in [1.165, 1.54) is 18.3 Å². The van der Waals surface area contributed by atoms with Crippen molar-refractivity contribution in [3.8, 4) is 0 Å². The van der Waals surface area contributed by atoms with E-state index in [0.29, 0.717) is 12.2 Å². The summed E-state index contributed by atoms with van der Waals surface area (Å²) in [5.74, 6) is -0.771. The van der Waals surface area contributed by atoms with Crippen LogP contribution in [0.4, 0.5) is 15.8 Å². The quantitative estimate of drug-likeness (QED) is 0.831. The predicted molar refractivity (Wildman–Crippen MR) is 69.5 cm³/mol. The monoisotopic (exact) mass is 284 g/mol. The van der Waals surface area contributed by atoms with Crippen molar-refractivity contribution in [2.75, 3.05) is 10.5 Å². The predicted octanol–water partition coefficient (Wildman–Crippen LogP) is 1.43. The number of hydrogen-bond acceptors (Lipinski definition) is 4. The number of sulfonamides is 1. The molecule has 0 saturated heterocycles. The molecule has 0 aliphatic rings. The largest absolute Gasteiger partial charge is 0.396 e. The number of rotatable bonds is 4. The van der Waals surface area contributed by atoms with E-state index < -0.39 is 15.8 Å². The highest BCUT2D eigenvalue weighted by Crippen LogP contribution is 2.19. The second kappa shape index (κ2) is 4.88. The summed E-state index contributed by atoms with van der Waals surface area (Å²) in [6, 6.07) is 3.33. The molecule has 8 heteroatoms. The first-order valence-corrected chi connectivity index (χ1v) is 7.01. The number of aromatic nitrogens is 2. The molecule has 3 N–H and O–H groups in total. The van der Waals surface area contributed by atoms with Crippen molar-refractivity contribution in [2.24, 2.45) is 0 Å². The van der Waals surface area contributed by atoms with Gasteiger partial charge in [-0.2, -0.15) is 5.10 Å². The van der Waals surface area contributed by atoms with Gasteiger partial charge in [-0.1, -0.05) is 0 Å². The van der Waals surface area contributed by atoms with E-state index in [-0.39, 0.29) is 10.6 Å². The number of halogens is 1. The molecule has 1 aromatic heterocycles. The standard InChI is InChI=1S/C11H13FN4O2S/c1-2-16-7-8(6-14-16)15-19(17,18)9-3-4-11(13)10(12)5-9/h3-7,15H,2,13H2,1H3. The lowest BCUT2D eigenvalue weighted by Gasteiger charge is -2.06. The van der Waals surface area contributed by atoms with Crippen LogP contribution in [0.3, 0.4) is 0 Å². The van der Waals surface area contributed by atoms with Crippen molar-refractivity contribution in [1.82, 2.24) is 9.78 Å². The van der Waals surface area contributed by atoms with Gasteiger partial charge in [0.15, 0.2) is 0 Å². The van der Waals surface area contributed by atoms with Crippen molar-refractivity contribution in [3.63, 3.8) is 0 Å². The molecule has 0 fully saturated rings.